The van der Waals surface area contributed by atoms with E-state index < -0.39 is 17.1 Å². The van der Waals surface area contributed by atoms with Gasteiger partial charge in [-0.1, -0.05) is 23.8 Å². The van der Waals surface area contributed by atoms with E-state index in [1.165, 1.54) is 5.56 Å². The Labute approximate surface area is 175 Å². The van der Waals surface area contributed by atoms with Gasteiger partial charge in [0, 0.05) is 16.8 Å². The molecular formula is C22H19N3O2S2. The number of aromatic nitrogens is 1. The van der Waals surface area contributed by atoms with Crippen LogP contribution in [0.2, 0.25) is 0 Å². The monoisotopic (exact) mass is 421 g/mol. The molecule has 0 aliphatic carbocycles. The van der Waals surface area contributed by atoms with Crippen LogP contribution in [0.3, 0.4) is 0 Å². The van der Waals surface area contributed by atoms with Crippen LogP contribution in [0, 0.1) is 13.8 Å². The fourth-order valence-electron chi connectivity index (χ4n) is 2.82. The highest BCUT2D eigenvalue weighted by Crippen LogP contribution is 2.31. The number of nitrogens with zero attached hydrogens (tertiary/aromatic N) is 1. The molecule has 0 bridgehead atoms. The quantitative estimate of drug-likeness (QED) is 0.476. The maximum Gasteiger partial charge on any atom is 0.264 e. The molecule has 0 aliphatic heterocycles. The molecule has 1 heterocycles. The third-order valence-corrected chi connectivity index (χ3v) is 6.24. The van der Waals surface area contributed by atoms with Gasteiger partial charge in [-0.2, -0.15) is 0 Å². The second-order valence-electron chi connectivity index (χ2n) is 6.74. The van der Waals surface area contributed by atoms with Crippen LogP contribution in [0.4, 0.5) is 5.69 Å². The van der Waals surface area contributed by atoms with Gasteiger partial charge in [-0.25, -0.2) is 9.19 Å². The number of amides is 1. The van der Waals surface area contributed by atoms with Crippen molar-refractivity contribution in [2.45, 2.75) is 13.8 Å². The first kappa shape index (κ1) is 19.3. The van der Waals surface area contributed by atoms with Crippen LogP contribution in [-0.2, 0) is 11.2 Å². The lowest BCUT2D eigenvalue weighted by Crippen LogP contribution is -2.29. The number of rotatable bonds is 5. The van der Waals surface area contributed by atoms with Crippen molar-refractivity contribution in [3.63, 3.8) is 0 Å². The molecule has 4 aromatic rings. The molecule has 0 unspecified atom stereocenters. The van der Waals surface area contributed by atoms with Gasteiger partial charge in [0.2, 0.25) is 11.2 Å². The number of hydrogen-bond acceptors (Lipinski definition) is 4. The summed E-state index contributed by atoms with van der Waals surface area (Å²) < 4.78 is 18.6. The highest BCUT2D eigenvalue weighted by Gasteiger charge is 2.10. The summed E-state index contributed by atoms with van der Waals surface area (Å²) in [7, 11) is 0. The topological polar surface area (TPSA) is 71.1 Å². The summed E-state index contributed by atoms with van der Waals surface area (Å²) in [6.45, 7) is 4.01. The van der Waals surface area contributed by atoms with Crippen LogP contribution < -0.4 is 9.44 Å². The van der Waals surface area contributed by atoms with Crippen LogP contribution in [0.5, 0.6) is 0 Å². The van der Waals surface area contributed by atoms with E-state index in [0.29, 0.717) is 11.3 Å². The number of aryl methyl sites for hydroxylation is 2. The van der Waals surface area contributed by atoms with Gasteiger partial charge in [0.15, 0.2) is 0 Å². The fraction of sp³-hybridized carbons (Fsp3) is 0.0909. The summed E-state index contributed by atoms with van der Waals surface area (Å²) in [5.74, 6) is -0.391. The maximum absolute atomic E-state index is 12.2. The van der Waals surface area contributed by atoms with Crippen molar-refractivity contribution < 1.29 is 9.00 Å². The lowest BCUT2D eigenvalue weighted by atomic mass is 10.1. The smallest absolute Gasteiger partial charge is 0.264 e. The van der Waals surface area contributed by atoms with Crippen molar-refractivity contribution in [3.05, 3.63) is 83.4 Å². The second kappa shape index (κ2) is 8.14. The summed E-state index contributed by atoms with van der Waals surface area (Å²) in [5, 5.41) is 0.936. The molecule has 29 heavy (non-hydrogen) atoms. The van der Waals surface area contributed by atoms with Crippen LogP contribution in [0.15, 0.2) is 66.7 Å². The highest BCUT2D eigenvalue weighted by molar-refractivity contribution is 7.85. The highest BCUT2D eigenvalue weighted by atomic mass is 32.2. The van der Waals surface area contributed by atoms with Gasteiger partial charge >= 0.3 is 0 Å². The number of carbonyl (C=O) groups excluding carboxylic acids is 1. The average Bonchev–Trinajstić information content (AvgIpc) is 3.12. The normalized spacial score (nSPS) is 11.9. The van der Waals surface area contributed by atoms with Crippen LogP contribution >= 0.6 is 11.3 Å². The fourth-order valence-corrected chi connectivity index (χ4v) is 4.57. The summed E-state index contributed by atoms with van der Waals surface area (Å²) in [5.41, 5.74) is 5.36. The van der Waals surface area contributed by atoms with Crippen molar-refractivity contribution in [2.75, 3.05) is 4.72 Å². The van der Waals surface area contributed by atoms with E-state index in [0.717, 1.165) is 26.4 Å². The zero-order valence-electron chi connectivity index (χ0n) is 15.9. The standard InChI is InChI=1S/C22H19N3O2S2/c1-14-3-6-16(7-4-14)21(26)25-29(27)24-18-10-8-17(9-11-18)22-23-19-12-5-15(2)13-20(19)28-22/h3-13,24H,1-2H3,(H,25,26)/t29-/m1/s1. The van der Waals surface area contributed by atoms with E-state index in [-0.39, 0.29) is 0 Å². The Morgan fingerprint density at radius 3 is 2.34 bits per heavy atom. The van der Waals surface area contributed by atoms with Crippen LogP contribution in [0.1, 0.15) is 21.5 Å². The Morgan fingerprint density at radius 2 is 1.62 bits per heavy atom. The Balaban J connectivity index is 1.42. The van der Waals surface area contributed by atoms with Crippen molar-refractivity contribution >= 4 is 44.3 Å². The molecule has 0 fully saturated rings. The number of hydrogen-bond donors (Lipinski definition) is 2. The molecule has 1 amide bonds. The molecule has 0 saturated carbocycles. The minimum Gasteiger partial charge on any atom is -0.288 e. The first-order valence-corrected chi connectivity index (χ1v) is 11.0. The molecule has 0 saturated heterocycles. The van der Waals surface area contributed by atoms with Gasteiger partial charge in [0.25, 0.3) is 5.91 Å². The predicted molar refractivity (Wildman–Crippen MR) is 120 cm³/mol. The molecule has 2 N–H and O–H groups in total. The maximum atomic E-state index is 12.2. The van der Waals surface area contributed by atoms with E-state index >= 15 is 0 Å². The van der Waals surface area contributed by atoms with E-state index in [4.69, 9.17) is 0 Å². The van der Waals surface area contributed by atoms with E-state index in [9.17, 15) is 9.00 Å². The van der Waals surface area contributed by atoms with Gasteiger partial charge < -0.3 is 0 Å². The third-order valence-electron chi connectivity index (χ3n) is 4.39. The first-order chi connectivity index (χ1) is 14.0. The van der Waals surface area contributed by atoms with Crippen molar-refractivity contribution in [3.8, 4) is 10.6 Å². The molecule has 0 radical (unpaired) electrons. The Kier molecular flexibility index (Phi) is 5.42. The van der Waals surface area contributed by atoms with Gasteiger partial charge in [0.1, 0.15) is 5.01 Å². The van der Waals surface area contributed by atoms with E-state index in [2.05, 4.69) is 33.5 Å². The summed E-state index contributed by atoms with van der Waals surface area (Å²) >= 11 is -0.0929. The van der Waals surface area contributed by atoms with Gasteiger partial charge in [-0.3, -0.25) is 14.2 Å². The molecule has 3 aromatic carbocycles. The molecule has 146 valence electrons. The molecular weight excluding hydrogens is 402 g/mol. The molecule has 0 aliphatic rings. The number of anilines is 1. The summed E-state index contributed by atoms with van der Waals surface area (Å²) in [6, 6.07) is 20.8. The van der Waals surface area contributed by atoms with Gasteiger partial charge in [-0.15, -0.1) is 11.3 Å². The van der Waals surface area contributed by atoms with Gasteiger partial charge in [-0.05, 0) is 67.9 Å². The van der Waals surface area contributed by atoms with Crippen LogP contribution in [0.25, 0.3) is 20.8 Å². The van der Waals surface area contributed by atoms with Crippen LogP contribution in [-0.4, -0.2) is 15.1 Å². The van der Waals surface area contributed by atoms with Crippen molar-refractivity contribution in [1.82, 2.24) is 9.71 Å². The summed E-state index contributed by atoms with van der Waals surface area (Å²) in [4.78, 5) is 16.8. The third kappa shape index (κ3) is 4.52. The lowest BCUT2D eigenvalue weighted by molar-refractivity contribution is 0.0983. The van der Waals surface area contributed by atoms with Crippen molar-refractivity contribution in [1.29, 1.82) is 0 Å². The minimum absolute atomic E-state index is 0.391. The largest absolute Gasteiger partial charge is 0.288 e. The van der Waals surface area contributed by atoms with E-state index in [1.54, 1.807) is 23.5 Å². The Bertz CT molecular complexity index is 1200. The first-order valence-electron chi connectivity index (χ1n) is 9.02. The van der Waals surface area contributed by atoms with Gasteiger partial charge in [0.05, 0.1) is 10.2 Å². The average molecular weight is 422 g/mol. The zero-order chi connectivity index (χ0) is 20.4. The Hall–Kier alpha value is -3.03. The minimum atomic E-state index is -1.74. The SMILES string of the molecule is Cc1ccc(C(=O)N[S@](=O)Nc2ccc(-c3nc4ccc(C)cc4s3)cc2)cc1. The van der Waals surface area contributed by atoms with E-state index in [1.807, 2.05) is 49.4 Å². The number of carbonyl (C=O) groups is 1. The molecule has 4 rings (SSSR count). The summed E-state index contributed by atoms with van der Waals surface area (Å²) in [6.07, 6.45) is 0. The lowest BCUT2D eigenvalue weighted by Gasteiger charge is -2.08. The second-order valence-corrected chi connectivity index (χ2v) is 8.71. The predicted octanol–water partition coefficient (Wildman–Crippen LogP) is 5.00. The van der Waals surface area contributed by atoms with Crippen molar-refractivity contribution in [2.24, 2.45) is 0 Å². The molecule has 1 atom stereocenters. The molecule has 7 heteroatoms. The molecule has 1 aromatic heterocycles. The number of fused-ring (bicyclic) bond motifs is 1. The number of benzene rings is 3. The molecule has 5 nitrogen and oxygen atoms in total. The zero-order valence-corrected chi connectivity index (χ0v) is 17.6. The number of nitrogens with one attached hydrogen (secondary N) is 2. The Morgan fingerprint density at radius 1 is 0.931 bits per heavy atom. The number of thiazole rings is 1. The molecule has 0 spiro atoms.